The van der Waals surface area contributed by atoms with Gasteiger partial charge in [-0.05, 0) is 29.5 Å². The minimum atomic E-state index is -0.466. The van der Waals surface area contributed by atoms with Crippen LogP contribution in [0.3, 0.4) is 0 Å². The summed E-state index contributed by atoms with van der Waals surface area (Å²) in [6, 6.07) is 3.40. The Balaban J connectivity index is 2.50. The number of ether oxygens (including phenoxy) is 1. The summed E-state index contributed by atoms with van der Waals surface area (Å²) in [5.41, 5.74) is 6.08. The highest BCUT2D eigenvalue weighted by molar-refractivity contribution is 6.32. The van der Waals surface area contributed by atoms with Crippen molar-refractivity contribution in [3.05, 3.63) is 28.3 Å². The molecule has 5 heteroatoms. The topological polar surface area (TPSA) is 69.4 Å². The molecule has 0 spiro atoms. The van der Waals surface area contributed by atoms with Crippen molar-refractivity contribution in [1.29, 1.82) is 0 Å². The van der Waals surface area contributed by atoms with Crippen LogP contribution in [-0.2, 0) is 11.2 Å². The number of fused-ring (bicyclic) bond motifs is 1. The molecular weight excluding hydrogens is 266 g/mol. The van der Waals surface area contributed by atoms with Gasteiger partial charge in [-0.3, -0.25) is 9.59 Å². The van der Waals surface area contributed by atoms with Crippen LogP contribution in [0.5, 0.6) is 5.75 Å². The van der Waals surface area contributed by atoms with Gasteiger partial charge in [0, 0.05) is 17.9 Å². The van der Waals surface area contributed by atoms with Crippen LogP contribution in [0.15, 0.2) is 12.1 Å². The van der Waals surface area contributed by atoms with Gasteiger partial charge in [-0.25, -0.2) is 0 Å². The van der Waals surface area contributed by atoms with Crippen LogP contribution in [-0.4, -0.2) is 18.8 Å². The maximum Gasteiger partial charge on any atom is 0.217 e. The molecule has 102 valence electrons. The van der Waals surface area contributed by atoms with Crippen molar-refractivity contribution in [3.63, 3.8) is 0 Å². The quantitative estimate of drug-likeness (QED) is 0.925. The minimum Gasteiger partial charge on any atom is -0.496 e. The van der Waals surface area contributed by atoms with Gasteiger partial charge >= 0.3 is 0 Å². The number of carbonyl (C=O) groups is 2. The SMILES string of the molecule is COc1ccc(Cl)c2c1C(=O)CC(C)(CC(N)=O)C2. The maximum absolute atomic E-state index is 12.3. The Hall–Kier alpha value is -1.55. The molecule has 0 aliphatic heterocycles. The summed E-state index contributed by atoms with van der Waals surface area (Å²) in [5, 5.41) is 0.527. The summed E-state index contributed by atoms with van der Waals surface area (Å²) in [7, 11) is 1.52. The molecule has 1 unspecified atom stereocenters. The first-order chi connectivity index (χ1) is 8.86. The van der Waals surface area contributed by atoms with Gasteiger partial charge in [0.2, 0.25) is 5.91 Å². The molecule has 4 nitrogen and oxygen atoms in total. The van der Waals surface area contributed by atoms with Crippen molar-refractivity contribution in [2.24, 2.45) is 11.1 Å². The smallest absolute Gasteiger partial charge is 0.217 e. The lowest BCUT2D eigenvalue weighted by Gasteiger charge is -2.34. The number of carbonyl (C=O) groups excluding carboxylic acids is 2. The maximum atomic E-state index is 12.3. The van der Waals surface area contributed by atoms with Gasteiger partial charge in [0.05, 0.1) is 12.7 Å². The van der Waals surface area contributed by atoms with E-state index in [1.807, 2.05) is 6.92 Å². The standard InChI is InChI=1S/C14H16ClNO3/c1-14(7-12(16)18)5-8-9(15)3-4-11(19-2)13(8)10(17)6-14/h3-4H,5-7H2,1-2H3,(H2,16,18). The number of nitrogens with two attached hydrogens (primary N) is 1. The van der Waals surface area contributed by atoms with E-state index in [-0.39, 0.29) is 18.6 Å². The van der Waals surface area contributed by atoms with E-state index in [0.717, 1.165) is 5.56 Å². The molecule has 0 radical (unpaired) electrons. The van der Waals surface area contributed by atoms with Crippen molar-refractivity contribution in [2.75, 3.05) is 7.11 Å². The molecule has 2 rings (SSSR count). The van der Waals surface area contributed by atoms with E-state index in [9.17, 15) is 9.59 Å². The fourth-order valence-electron chi connectivity index (χ4n) is 2.76. The van der Waals surface area contributed by atoms with Crippen LogP contribution < -0.4 is 10.5 Å². The number of ketones is 1. The summed E-state index contributed by atoms with van der Waals surface area (Å²) in [6.45, 7) is 1.88. The zero-order valence-corrected chi connectivity index (χ0v) is 11.7. The molecular formula is C14H16ClNO3. The van der Waals surface area contributed by atoms with Gasteiger partial charge in [-0.15, -0.1) is 0 Å². The van der Waals surface area contributed by atoms with E-state index in [4.69, 9.17) is 22.1 Å². The average molecular weight is 282 g/mol. The first-order valence-corrected chi connectivity index (χ1v) is 6.41. The molecule has 1 aromatic carbocycles. The normalized spacial score (nSPS) is 21.9. The van der Waals surface area contributed by atoms with Gasteiger partial charge in [0.25, 0.3) is 0 Å². The van der Waals surface area contributed by atoms with Gasteiger partial charge in [0.15, 0.2) is 5.78 Å². The van der Waals surface area contributed by atoms with Crippen molar-refractivity contribution in [2.45, 2.75) is 26.2 Å². The molecule has 0 saturated carbocycles. The number of Topliss-reactive ketones (excluding diaryl/α,β-unsaturated/α-hetero) is 1. The number of amides is 1. The van der Waals surface area contributed by atoms with Crippen molar-refractivity contribution < 1.29 is 14.3 Å². The highest BCUT2D eigenvalue weighted by Gasteiger charge is 2.38. The number of halogens is 1. The molecule has 19 heavy (non-hydrogen) atoms. The number of benzene rings is 1. The van der Waals surface area contributed by atoms with Crippen molar-refractivity contribution >= 4 is 23.3 Å². The Morgan fingerprint density at radius 2 is 2.16 bits per heavy atom. The highest BCUT2D eigenvalue weighted by atomic mass is 35.5. The molecule has 1 aliphatic carbocycles. The van der Waals surface area contributed by atoms with E-state index in [2.05, 4.69) is 0 Å². The number of hydrogen-bond donors (Lipinski definition) is 1. The van der Waals surface area contributed by atoms with Gasteiger partial charge in [-0.1, -0.05) is 18.5 Å². The third-order valence-electron chi connectivity index (χ3n) is 3.51. The van der Waals surface area contributed by atoms with E-state index < -0.39 is 11.3 Å². The van der Waals surface area contributed by atoms with Crippen LogP contribution in [0, 0.1) is 5.41 Å². The molecule has 0 bridgehead atoms. The summed E-state index contributed by atoms with van der Waals surface area (Å²) in [4.78, 5) is 23.5. The third-order valence-corrected chi connectivity index (χ3v) is 3.86. The number of primary amides is 1. The fraction of sp³-hybridized carbons (Fsp3) is 0.429. The molecule has 0 fully saturated rings. The Bertz CT molecular complexity index is 556. The van der Waals surface area contributed by atoms with Crippen LogP contribution in [0.2, 0.25) is 5.02 Å². The van der Waals surface area contributed by atoms with Crippen LogP contribution in [0.1, 0.15) is 35.7 Å². The summed E-state index contributed by atoms with van der Waals surface area (Å²) in [5.74, 6) is 0.0765. The number of hydrogen-bond acceptors (Lipinski definition) is 3. The largest absolute Gasteiger partial charge is 0.496 e. The first-order valence-electron chi connectivity index (χ1n) is 6.03. The predicted molar refractivity (Wildman–Crippen MR) is 72.6 cm³/mol. The van der Waals surface area contributed by atoms with E-state index in [0.29, 0.717) is 22.8 Å². The Morgan fingerprint density at radius 3 is 2.74 bits per heavy atom. The molecule has 0 heterocycles. The monoisotopic (exact) mass is 281 g/mol. The molecule has 1 atom stereocenters. The molecule has 2 N–H and O–H groups in total. The zero-order chi connectivity index (χ0) is 14.2. The summed E-state index contributed by atoms with van der Waals surface area (Å²) in [6.07, 6.45) is 0.998. The lowest BCUT2D eigenvalue weighted by Crippen LogP contribution is -2.34. The molecule has 1 aliphatic rings. The second kappa shape index (κ2) is 4.85. The minimum absolute atomic E-state index is 0.0515. The molecule has 0 saturated heterocycles. The van der Waals surface area contributed by atoms with Crippen molar-refractivity contribution in [1.82, 2.24) is 0 Å². The second-order valence-electron chi connectivity index (χ2n) is 5.33. The number of rotatable bonds is 3. The van der Waals surface area contributed by atoms with Gasteiger partial charge < -0.3 is 10.5 Å². The number of methoxy groups -OCH3 is 1. The first kappa shape index (κ1) is 13.9. The summed E-state index contributed by atoms with van der Waals surface area (Å²) >= 11 is 6.18. The zero-order valence-electron chi connectivity index (χ0n) is 11.0. The molecule has 0 aromatic heterocycles. The highest BCUT2D eigenvalue weighted by Crippen LogP contribution is 2.43. The Kier molecular flexibility index (Phi) is 3.54. The average Bonchev–Trinajstić information content (AvgIpc) is 2.29. The molecule has 1 aromatic rings. The van der Waals surface area contributed by atoms with Crippen LogP contribution >= 0.6 is 11.6 Å². The van der Waals surface area contributed by atoms with E-state index in [1.165, 1.54) is 7.11 Å². The van der Waals surface area contributed by atoms with E-state index in [1.54, 1.807) is 12.1 Å². The second-order valence-corrected chi connectivity index (χ2v) is 5.74. The van der Waals surface area contributed by atoms with Crippen LogP contribution in [0.4, 0.5) is 0 Å². The van der Waals surface area contributed by atoms with Gasteiger partial charge in [-0.2, -0.15) is 0 Å². The molecule has 1 amide bonds. The fourth-order valence-corrected chi connectivity index (χ4v) is 2.98. The van der Waals surface area contributed by atoms with Crippen molar-refractivity contribution in [3.8, 4) is 5.75 Å². The van der Waals surface area contributed by atoms with Gasteiger partial charge in [0.1, 0.15) is 5.75 Å². The van der Waals surface area contributed by atoms with Crippen LogP contribution in [0.25, 0.3) is 0 Å². The Labute approximate surface area is 116 Å². The summed E-state index contributed by atoms with van der Waals surface area (Å²) < 4.78 is 5.22. The Morgan fingerprint density at radius 1 is 1.47 bits per heavy atom. The van der Waals surface area contributed by atoms with E-state index >= 15 is 0 Å². The third kappa shape index (κ3) is 2.59. The predicted octanol–water partition coefficient (Wildman–Crippen LogP) is 2.36. The lowest BCUT2D eigenvalue weighted by atomic mass is 9.70. The lowest BCUT2D eigenvalue weighted by molar-refractivity contribution is -0.120.